The van der Waals surface area contributed by atoms with E-state index >= 15 is 0 Å². The van der Waals surface area contributed by atoms with Crippen LogP contribution in [0.1, 0.15) is 5.56 Å². The van der Waals surface area contributed by atoms with Crippen LogP contribution >= 0.6 is 0 Å². The zero-order valence-corrected chi connectivity index (χ0v) is 19.4. The molecule has 3 heteroatoms. The fraction of sp³-hybridized carbons (Fsp3) is 0.0312. The van der Waals surface area contributed by atoms with Crippen molar-refractivity contribution in [2.45, 2.75) is 0 Å². The number of anilines is 1. The third kappa shape index (κ3) is 6.04. The quantitative estimate of drug-likeness (QED) is 0.270. The van der Waals surface area contributed by atoms with Gasteiger partial charge in [0.15, 0.2) is 0 Å². The summed E-state index contributed by atoms with van der Waals surface area (Å²) in [5, 5.41) is 9.80. The molecular formula is C32H27NO2. The molecule has 0 heterocycles. The molecule has 0 bridgehead atoms. The summed E-state index contributed by atoms with van der Waals surface area (Å²) in [5.41, 5.74) is 7.08. The third-order valence-corrected chi connectivity index (χ3v) is 5.73. The standard InChI is InChI=1S/C32H27NO2/c1-2-10-25(28-16-18-29(19-17-28)26-11-5-3-6-12-26)15-9-24-33(32(34)35)31-22-20-30(21-23-31)27-13-7-4-8-14-27/h2-23H,1,24H2,(H,34,35)/b15-9-,25-10+. The molecule has 0 aliphatic heterocycles. The first-order chi connectivity index (χ1) is 17.2. The zero-order valence-electron chi connectivity index (χ0n) is 19.4. The van der Waals surface area contributed by atoms with Crippen molar-refractivity contribution in [1.29, 1.82) is 0 Å². The van der Waals surface area contributed by atoms with Crippen molar-refractivity contribution >= 4 is 17.4 Å². The Morgan fingerprint density at radius 2 is 1.20 bits per heavy atom. The van der Waals surface area contributed by atoms with E-state index in [0.717, 1.165) is 27.8 Å². The minimum Gasteiger partial charge on any atom is -0.465 e. The highest BCUT2D eigenvalue weighted by molar-refractivity contribution is 5.87. The Morgan fingerprint density at radius 1 is 0.714 bits per heavy atom. The molecule has 0 saturated carbocycles. The molecule has 0 spiro atoms. The smallest absolute Gasteiger partial charge is 0.412 e. The fourth-order valence-electron chi connectivity index (χ4n) is 3.90. The molecular weight excluding hydrogens is 430 g/mol. The first-order valence-electron chi connectivity index (χ1n) is 11.5. The van der Waals surface area contributed by atoms with E-state index < -0.39 is 6.09 Å². The van der Waals surface area contributed by atoms with Crippen molar-refractivity contribution in [3.05, 3.63) is 146 Å². The molecule has 0 unspecified atom stereocenters. The fourth-order valence-corrected chi connectivity index (χ4v) is 3.90. The highest BCUT2D eigenvalue weighted by atomic mass is 16.4. The Balaban J connectivity index is 1.49. The summed E-state index contributed by atoms with van der Waals surface area (Å²) >= 11 is 0. The van der Waals surface area contributed by atoms with Gasteiger partial charge in [0, 0.05) is 12.2 Å². The van der Waals surface area contributed by atoms with E-state index in [9.17, 15) is 9.90 Å². The molecule has 4 rings (SSSR count). The summed E-state index contributed by atoms with van der Waals surface area (Å²) in [6, 6.07) is 36.1. The predicted octanol–water partition coefficient (Wildman–Crippen LogP) is 8.33. The molecule has 35 heavy (non-hydrogen) atoms. The van der Waals surface area contributed by atoms with Crippen LogP contribution in [-0.2, 0) is 0 Å². The average Bonchev–Trinajstić information content (AvgIpc) is 2.91. The second-order valence-electron chi connectivity index (χ2n) is 8.01. The van der Waals surface area contributed by atoms with Gasteiger partial charge in [-0.1, -0.05) is 128 Å². The molecule has 0 atom stereocenters. The maximum absolute atomic E-state index is 12.0. The summed E-state index contributed by atoms with van der Waals surface area (Å²) in [7, 11) is 0. The molecule has 4 aromatic rings. The van der Waals surface area contributed by atoms with Gasteiger partial charge in [-0.25, -0.2) is 4.79 Å². The van der Waals surface area contributed by atoms with Crippen LogP contribution in [0.25, 0.3) is 27.8 Å². The normalized spacial score (nSPS) is 11.4. The van der Waals surface area contributed by atoms with Gasteiger partial charge in [-0.3, -0.25) is 4.90 Å². The van der Waals surface area contributed by atoms with Gasteiger partial charge >= 0.3 is 6.09 Å². The van der Waals surface area contributed by atoms with Crippen LogP contribution < -0.4 is 4.90 Å². The molecule has 0 saturated heterocycles. The number of rotatable bonds is 8. The Hall–Kier alpha value is -4.63. The Bertz CT molecular complexity index is 1320. The van der Waals surface area contributed by atoms with Gasteiger partial charge in [-0.05, 0) is 45.5 Å². The molecule has 3 nitrogen and oxygen atoms in total. The average molecular weight is 458 g/mol. The second-order valence-corrected chi connectivity index (χ2v) is 8.01. The van der Waals surface area contributed by atoms with Gasteiger partial charge in [0.1, 0.15) is 0 Å². The third-order valence-electron chi connectivity index (χ3n) is 5.73. The lowest BCUT2D eigenvalue weighted by Gasteiger charge is -2.18. The monoisotopic (exact) mass is 457 g/mol. The van der Waals surface area contributed by atoms with E-state index in [2.05, 4.69) is 43.0 Å². The van der Waals surface area contributed by atoms with Gasteiger partial charge in [-0.2, -0.15) is 0 Å². The number of hydrogen-bond donors (Lipinski definition) is 1. The van der Waals surface area contributed by atoms with Crippen LogP contribution in [0.2, 0.25) is 0 Å². The van der Waals surface area contributed by atoms with Crippen LogP contribution in [0.15, 0.2) is 140 Å². The lowest BCUT2D eigenvalue weighted by atomic mass is 10.00. The number of carbonyl (C=O) groups is 1. The largest absolute Gasteiger partial charge is 0.465 e. The first-order valence-corrected chi connectivity index (χ1v) is 11.5. The van der Waals surface area contributed by atoms with Gasteiger partial charge in [0.25, 0.3) is 0 Å². The van der Waals surface area contributed by atoms with E-state index in [-0.39, 0.29) is 6.54 Å². The predicted molar refractivity (Wildman–Crippen MR) is 146 cm³/mol. The van der Waals surface area contributed by atoms with E-state index in [4.69, 9.17) is 0 Å². The number of amides is 1. The Kier molecular flexibility index (Phi) is 7.72. The summed E-state index contributed by atoms with van der Waals surface area (Å²) in [6.45, 7) is 4.06. The summed E-state index contributed by atoms with van der Waals surface area (Å²) < 4.78 is 0. The number of allylic oxidation sites excluding steroid dienone is 4. The summed E-state index contributed by atoms with van der Waals surface area (Å²) in [5.74, 6) is 0. The van der Waals surface area contributed by atoms with Gasteiger partial charge < -0.3 is 5.11 Å². The number of benzene rings is 4. The van der Waals surface area contributed by atoms with Crippen LogP contribution in [-0.4, -0.2) is 17.7 Å². The minimum absolute atomic E-state index is 0.233. The summed E-state index contributed by atoms with van der Waals surface area (Å²) in [6.07, 6.45) is 6.46. The highest BCUT2D eigenvalue weighted by Crippen LogP contribution is 2.25. The van der Waals surface area contributed by atoms with Crippen molar-refractivity contribution in [1.82, 2.24) is 0 Å². The number of hydrogen-bond acceptors (Lipinski definition) is 1. The Morgan fingerprint density at radius 3 is 1.69 bits per heavy atom. The van der Waals surface area contributed by atoms with E-state index in [1.807, 2.05) is 91.0 Å². The Labute approximate surface area is 206 Å². The van der Waals surface area contributed by atoms with Crippen LogP contribution in [0.4, 0.5) is 10.5 Å². The second kappa shape index (κ2) is 11.5. The molecule has 0 aliphatic carbocycles. The van der Waals surface area contributed by atoms with Crippen LogP contribution in [0, 0.1) is 0 Å². The molecule has 4 aromatic carbocycles. The minimum atomic E-state index is -0.997. The van der Waals surface area contributed by atoms with Crippen molar-refractivity contribution in [3.8, 4) is 22.3 Å². The summed E-state index contributed by atoms with van der Waals surface area (Å²) in [4.78, 5) is 13.3. The van der Waals surface area contributed by atoms with Gasteiger partial charge in [0.05, 0.1) is 0 Å². The highest BCUT2D eigenvalue weighted by Gasteiger charge is 2.13. The number of nitrogens with zero attached hydrogens (tertiary/aromatic N) is 1. The first kappa shape index (κ1) is 23.5. The van der Waals surface area contributed by atoms with Gasteiger partial charge in [-0.15, -0.1) is 0 Å². The van der Waals surface area contributed by atoms with Crippen molar-refractivity contribution in [2.24, 2.45) is 0 Å². The molecule has 1 N–H and O–H groups in total. The lowest BCUT2D eigenvalue weighted by molar-refractivity contribution is 0.202. The SMILES string of the molecule is C=C/C=C(\C=C/CN(C(=O)O)c1ccc(-c2ccccc2)cc1)c1ccc(-c2ccccc2)cc1. The number of carboxylic acid groups (broad SMARTS) is 1. The van der Waals surface area contributed by atoms with Gasteiger partial charge in [0.2, 0.25) is 0 Å². The maximum Gasteiger partial charge on any atom is 0.412 e. The van der Waals surface area contributed by atoms with Crippen molar-refractivity contribution in [3.63, 3.8) is 0 Å². The molecule has 0 aliphatic rings. The molecule has 172 valence electrons. The maximum atomic E-state index is 12.0. The van der Waals surface area contributed by atoms with Crippen LogP contribution in [0.5, 0.6) is 0 Å². The van der Waals surface area contributed by atoms with E-state index in [1.54, 1.807) is 6.08 Å². The van der Waals surface area contributed by atoms with Crippen molar-refractivity contribution < 1.29 is 9.90 Å². The van der Waals surface area contributed by atoms with E-state index in [0.29, 0.717) is 5.69 Å². The van der Waals surface area contributed by atoms with Crippen LogP contribution in [0.3, 0.4) is 0 Å². The molecule has 0 radical (unpaired) electrons. The zero-order chi connectivity index (χ0) is 24.5. The lowest BCUT2D eigenvalue weighted by Crippen LogP contribution is -2.29. The molecule has 0 aromatic heterocycles. The topological polar surface area (TPSA) is 40.5 Å². The van der Waals surface area contributed by atoms with Crippen molar-refractivity contribution in [2.75, 3.05) is 11.4 Å². The van der Waals surface area contributed by atoms with E-state index in [1.165, 1.54) is 10.5 Å². The molecule has 1 amide bonds. The molecule has 0 fully saturated rings.